The fraction of sp³-hybridized carbons (Fsp3) is 0.419. The maximum atomic E-state index is 13.9. The number of halogens is 1. The molecule has 0 saturated carbocycles. The van der Waals surface area contributed by atoms with Gasteiger partial charge in [0.1, 0.15) is 6.04 Å². The van der Waals surface area contributed by atoms with E-state index in [0.717, 1.165) is 22.0 Å². The fourth-order valence-corrected chi connectivity index (χ4v) is 5.71. The molecule has 0 bridgehead atoms. The molecule has 4 amide bonds. The highest BCUT2D eigenvalue weighted by atomic mass is 79.9. The number of imide groups is 1. The van der Waals surface area contributed by atoms with Crippen molar-refractivity contribution in [1.82, 2.24) is 15.1 Å². The van der Waals surface area contributed by atoms with E-state index in [9.17, 15) is 19.2 Å². The number of allylic oxidation sites excluding steroid dienone is 2. The summed E-state index contributed by atoms with van der Waals surface area (Å²) in [6.07, 6.45) is 6.09. The van der Waals surface area contributed by atoms with Crippen LogP contribution in [0, 0.1) is 11.8 Å². The second-order valence-electron chi connectivity index (χ2n) is 10.4. The molecule has 1 fully saturated rings. The number of nitrogens with zero attached hydrogens (tertiary/aromatic N) is 2. The quantitative estimate of drug-likeness (QED) is 0.303. The first-order valence-corrected chi connectivity index (χ1v) is 14.5. The van der Waals surface area contributed by atoms with Crippen LogP contribution in [0.5, 0.6) is 0 Å². The number of carbonyl (C=O) groups is 4. The molecule has 2 aromatic carbocycles. The number of rotatable bonds is 11. The fourth-order valence-electron chi connectivity index (χ4n) is 5.27. The van der Waals surface area contributed by atoms with Gasteiger partial charge >= 0.3 is 0 Å². The minimum atomic E-state index is -0.760. The molecule has 206 valence electrons. The summed E-state index contributed by atoms with van der Waals surface area (Å²) in [6, 6.07) is 16.5. The smallest absolute Gasteiger partial charge is 0.243 e. The number of benzene rings is 2. The second kappa shape index (κ2) is 13.2. The van der Waals surface area contributed by atoms with E-state index < -0.39 is 6.04 Å². The Morgan fingerprint density at radius 2 is 1.64 bits per heavy atom. The predicted molar refractivity (Wildman–Crippen MR) is 153 cm³/mol. The third-order valence-electron chi connectivity index (χ3n) is 7.66. The van der Waals surface area contributed by atoms with Crippen molar-refractivity contribution in [2.75, 3.05) is 6.54 Å². The molecule has 1 saturated heterocycles. The number of fused-ring (bicyclic) bond motifs is 1. The summed E-state index contributed by atoms with van der Waals surface area (Å²) >= 11 is 3.50. The highest BCUT2D eigenvalue weighted by molar-refractivity contribution is 9.10. The molecule has 2 aromatic rings. The zero-order valence-electron chi connectivity index (χ0n) is 22.5. The molecule has 8 heteroatoms. The maximum absolute atomic E-state index is 13.9. The van der Waals surface area contributed by atoms with Crippen LogP contribution in [0.25, 0.3) is 0 Å². The molecule has 1 N–H and O–H groups in total. The van der Waals surface area contributed by atoms with E-state index in [4.69, 9.17) is 0 Å². The minimum absolute atomic E-state index is 0.0174. The minimum Gasteiger partial charge on any atom is -0.352 e. The molecule has 1 heterocycles. The van der Waals surface area contributed by atoms with Crippen LogP contribution in [0.1, 0.15) is 50.7 Å². The van der Waals surface area contributed by atoms with Crippen molar-refractivity contribution in [1.29, 1.82) is 0 Å². The van der Waals surface area contributed by atoms with Crippen LogP contribution in [0.4, 0.5) is 0 Å². The average molecular weight is 595 g/mol. The lowest BCUT2D eigenvalue weighted by Crippen LogP contribution is -2.52. The van der Waals surface area contributed by atoms with Gasteiger partial charge in [0.2, 0.25) is 23.6 Å². The van der Waals surface area contributed by atoms with Crippen molar-refractivity contribution in [3.8, 4) is 0 Å². The third kappa shape index (κ3) is 7.04. The first-order valence-electron chi connectivity index (χ1n) is 13.7. The van der Waals surface area contributed by atoms with Crippen molar-refractivity contribution >= 4 is 39.6 Å². The van der Waals surface area contributed by atoms with E-state index in [1.807, 2.05) is 80.6 Å². The van der Waals surface area contributed by atoms with Crippen molar-refractivity contribution in [2.24, 2.45) is 11.8 Å². The predicted octanol–water partition coefficient (Wildman–Crippen LogP) is 4.65. The van der Waals surface area contributed by atoms with Crippen LogP contribution >= 0.6 is 15.9 Å². The molecule has 0 spiro atoms. The van der Waals surface area contributed by atoms with E-state index in [1.165, 1.54) is 4.90 Å². The Hall–Kier alpha value is -3.26. The largest absolute Gasteiger partial charge is 0.352 e. The number of likely N-dealkylation sites (tertiary alicyclic amines) is 1. The SMILES string of the molecule is CC[C@H](C)NC(=O)[C@H](Cc1ccccc1)N(Cc1cccc(Br)c1)C(=O)CCN1C(=O)[C@H]2CC=CC[C@H]2C1=O. The van der Waals surface area contributed by atoms with Gasteiger partial charge in [-0.1, -0.05) is 77.5 Å². The summed E-state index contributed by atoms with van der Waals surface area (Å²) in [5, 5.41) is 3.06. The lowest BCUT2D eigenvalue weighted by molar-refractivity contribution is -0.144. The summed E-state index contributed by atoms with van der Waals surface area (Å²) in [4.78, 5) is 56.3. The van der Waals surface area contributed by atoms with Gasteiger partial charge in [0.05, 0.1) is 11.8 Å². The lowest BCUT2D eigenvalue weighted by Gasteiger charge is -2.33. The van der Waals surface area contributed by atoms with Gasteiger partial charge in [-0.25, -0.2) is 0 Å². The van der Waals surface area contributed by atoms with Crippen LogP contribution in [-0.4, -0.2) is 52.1 Å². The van der Waals surface area contributed by atoms with E-state index in [0.29, 0.717) is 19.3 Å². The normalized spacial score (nSPS) is 19.9. The number of carbonyl (C=O) groups excluding carboxylic acids is 4. The monoisotopic (exact) mass is 593 g/mol. The highest BCUT2D eigenvalue weighted by Crippen LogP contribution is 2.35. The molecule has 2 aliphatic rings. The van der Waals surface area contributed by atoms with E-state index >= 15 is 0 Å². The number of nitrogens with one attached hydrogen (secondary N) is 1. The van der Waals surface area contributed by atoms with Crippen LogP contribution in [0.2, 0.25) is 0 Å². The number of hydrogen-bond acceptors (Lipinski definition) is 4. The molecule has 1 aliphatic heterocycles. The van der Waals surface area contributed by atoms with Gasteiger partial charge in [0.25, 0.3) is 0 Å². The van der Waals surface area contributed by atoms with Gasteiger partial charge in [-0.05, 0) is 49.4 Å². The van der Waals surface area contributed by atoms with Gasteiger partial charge in [-0.3, -0.25) is 24.1 Å². The highest BCUT2D eigenvalue weighted by Gasteiger charge is 2.47. The summed E-state index contributed by atoms with van der Waals surface area (Å²) in [6.45, 7) is 4.18. The molecular formula is C31H36BrN3O4. The molecule has 0 unspecified atom stereocenters. The van der Waals surface area contributed by atoms with Gasteiger partial charge in [0, 0.05) is 36.4 Å². The summed E-state index contributed by atoms with van der Waals surface area (Å²) in [5.41, 5.74) is 1.81. The lowest BCUT2D eigenvalue weighted by atomic mass is 9.85. The zero-order valence-corrected chi connectivity index (χ0v) is 24.1. The van der Waals surface area contributed by atoms with Crippen molar-refractivity contribution < 1.29 is 19.2 Å². The average Bonchev–Trinajstić information content (AvgIpc) is 3.18. The Kier molecular flexibility index (Phi) is 9.73. The topological polar surface area (TPSA) is 86.8 Å². The Morgan fingerprint density at radius 1 is 1.00 bits per heavy atom. The maximum Gasteiger partial charge on any atom is 0.243 e. The molecular weight excluding hydrogens is 558 g/mol. The number of amides is 4. The molecule has 4 atom stereocenters. The Labute approximate surface area is 238 Å². The molecule has 0 aromatic heterocycles. The van der Waals surface area contributed by atoms with Crippen molar-refractivity contribution in [2.45, 2.75) is 64.6 Å². The van der Waals surface area contributed by atoms with Gasteiger partial charge in [0.15, 0.2) is 0 Å². The van der Waals surface area contributed by atoms with Crippen LogP contribution in [0.15, 0.2) is 71.2 Å². The zero-order chi connectivity index (χ0) is 27.9. The van der Waals surface area contributed by atoms with Gasteiger partial charge in [-0.2, -0.15) is 0 Å². The number of hydrogen-bond donors (Lipinski definition) is 1. The van der Waals surface area contributed by atoms with Crippen LogP contribution in [0.3, 0.4) is 0 Å². The van der Waals surface area contributed by atoms with Gasteiger partial charge in [-0.15, -0.1) is 0 Å². The van der Waals surface area contributed by atoms with E-state index in [2.05, 4.69) is 21.2 Å². The van der Waals surface area contributed by atoms with Crippen LogP contribution in [-0.2, 0) is 32.1 Å². The molecule has 1 aliphatic carbocycles. The van der Waals surface area contributed by atoms with E-state index in [-0.39, 0.29) is 61.0 Å². The molecule has 4 rings (SSSR count). The standard InChI is InChI=1S/C31H36BrN3O4/c1-3-21(2)33-29(37)27(19-22-10-5-4-6-11-22)35(20-23-12-9-13-24(32)18-23)28(36)16-17-34-30(38)25-14-7-8-15-26(25)31(34)39/h4-13,18,21,25-27H,3,14-17,19-20H2,1-2H3,(H,33,37)/t21-,25-,26+,27-/m0/s1. The van der Waals surface area contributed by atoms with Crippen LogP contribution < -0.4 is 5.32 Å². The Bertz CT molecular complexity index is 1210. The van der Waals surface area contributed by atoms with Crippen molar-refractivity contribution in [3.63, 3.8) is 0 Å². The molecule has 7 nitrogen and oxygen atoms in total. The second-order valence-corrected chi connectivity index (χ2v) is 11.3. The molecule has 0 radical (unpaired) electrons. The summed E-state index contributed by atoms with van der Waals surface area (Å²) < 4.78 is 0.876. The summed E-state index contributed by atoms with van der Waals surface area (Å²) in [5.74, 6) is -1.55. The van der Waals surface area contributed by atoms with Gasteiger partial charge < -0.3 is 10.2 Å². The third-order valence-corrected chi connectivity index (χ3v) is 8.16. The van der Waals surface area contributed by atoms with Crippen molar-refractivity contribution in [3.05, 3.63) is 82.3 Å². The summed E-state index contributed by atoms with van der Waals surface area (Å²) in [7, 11) is 0. The first kappa shape index (κ1) is 28.7. The Morgan fingerprint density at radius 3 is 2.26 bits per heavy atom. The molecule has 39 heavy (non-hydrogen) atoms. The first-order chi connectivity index (χ1) is 18.8. The van der Waals surface area contributed by atoms with E-state index in [1.54, 1.807) is 4.90 Å². The Balaban J connectivity index is 1.59.